The molecule has 1 aliphatic rings. The summed E-state index contributed by atoms with van der Waals surface area (Å²) in [5, 5.41) is 0.691. The number of benzene rings is 1. The summed E-state index contributed by atoms with van der Waals surface area (Å²) in [6.45, 7) is 9.13. The number of nitrogens with zero attached hydrogens (tertiary/aromatic N) is 2. The molecule has 8 heteroatoms. The van der Waals surface area contributed by atoms with Gasteiger partial charge in [0.05, 0.1) is 5.02 Å². The molecule has 1 aromatic carbocycles. The average Bonchev–Trinajstić information content (AvgIpc) is 2.64. The fourth-order valence-electron chi connectivity index (χ4n) is 3.21. The predicted octanol–water partition coefficient (Wildman–Crippen LogP) is 4.87. The first-order valence-electron chi connectivity index (χ1n) is 9.81. The van der Waals surface area contributed by atoms with Crippen LogP contribution in [0, 0.1) is 5.92 Å². The molecule has 1 fully saturated rings. The maximum Gasteiger partial charge on any atom is 0.410 e. The van der Waals surface area contributed by atoms with E-state index in [1.165, 1.54) is 0 Å². The molecule has 0 saturated carbocycles. The van der Waals surface area contributed by atoms with Crippen LogP contribution in [0.15, 0.2) is 18.2 Å². The average molecular weight is 445 g/mol. The third-order valence-electron chi connectivity index (χ3n) is 4.73. The van der Waals surface area contributed by atoms with E-state index in [0.717, 1.165) is 12.8 Å². The number of ether oxygens (including phenoxy) is 2. The van der Waals surface area contributed by atoms with Gasteiger partial charge in [-0.2, -0.15) is 0 Å². The summed E-state index contributed by atoms with van der Waals surface area (Å²) < 4.78 is 11.1. The number of hydrogen-bond donors (Lipinski definition) is 0. The van der Waals surface area contributed by atoms with Gasteiger partial charge in [-0.05, 0) is 58.6 Å². The zero-order valence-electron chi connectivity index (χ0n) is 17.7. The Balaban J connectivity index is 1.83. The molecule has 2 amide bonds. The molecule has 0 spiro atoms. The summed E-state index contributed by atoms with van der Waals surface area (Å²) in [5.74, 6) is 0.643. The molecule has 1 aromatic rings. The van der Waals surface area contributed by atoms with Crippen LogP contribution < -0.4 is 4.74 Å². The zero-order valence-corrected chi connectivity index (χ0v) is 19.2. The molecule has 1 aliphatic heterocycles. The third kappa shape index (κ3) is 6.96. The Bertz CT molecular complexity index is 728. The number of rotatable bonds is 5. The number of halogens is 2. The summed E-state index contributed by atoms with van der Waals surface area (Å²) >= 11 is 12.1. The lowest BCUT2D eigenvalue weighted by atomic mass is 9.96. The van der Waals surface area contributed by atoms with Crippen LogP contribution >= 0.6 is 23.2 Å². The number of piperidine rings is 1. The normalized spacial score (nSPS) is 16.3. The molecule has 1 atom stereocenters. The fraction of sp³-hybridized carbons (Fsp3) is 0.619. The quantitative estimate of drug-likeness (QED) is 0.649. The molecule has 1 heterocycles. The lowest BCUT2D eigenvalue weighted by Gasteiger charge is -2.35. The van der Waals surface area contributed by atoms with Crippen LogP contribution in [0.3, 0.4) is 0 Å². The lowest BCUT2D eigenvalue weighted by Crippen LogP contribution is -2.46. The Labute approximate surface area is 183 Å². The van der Waals surface area contributed by atoms with Crippen LogP contribution in [-0.2, 0) is 9.53 Å². The van der Waals surface area contributed by atoms with Gasteiger partial charge in [-0.15, -0.1) is 0 Å². The van der Waals surface area contributed by atoms with Crippen molar-refractivity contribution < 1.29 is 19.1 Å². The minimum absolute atomic E-state index is 0.0833. The van der Waals surface area contributed by atoms with Gasteiger partial charge in [-0.3, -0.25) is 4.79 Å². The van der Waals surface area contributed by atoms with Crippen LogP contribution in [0.4, 0.5) is 4.79 Å². The lowest BCUT2D eigenvalue weighted by molar-refractivity contribution is -0.139. The minimum Gasteiger partial charge on any atom is -0.479 e. The van der Waals surface area contributed by atoms with Gasteiger partial charge in [0.25, 0.3) is 5.91 Å². The standard InChI is InChI=1S/C21H30Cl2N2O4/c1-14(28-17-8-6-7-16(22)18(17)23)19(26)25-11-9-15(10-12-25)13-24(5)20(27)29-21(2,3)4/h6-8,14-15H,9-13H2,1-5H3. The van der Waals surface area contributed by atoms with E-state index in [4.69, 9.17) is 32.7 Å². The van der Waals surface area contributed by atoms with E-state index < -0.39 is 11.7 Å². The Hall–Kier alpha value is -1.66. The number of hydrogen-bond acceptors (Lipinski definition) is 4. The zero-order chi connectivity index (χ0) is 21.8. The summed E-state index contributed by atoms with van der Waals surface area (Å²) in [6, 6.07) is 5.09. The molecule has 1 unspecified atom stereocenters. The van der Waals surface area contributed by atoms with E-state index in [0.29, 0.717) is 41.3 Å². The van der Waals surface area contributed by atoms with Crippen LogP contribution in [-0.4, -0.2) is 60.2 Å². The molecule has 0 radical (unpaired) electrons. The largest absolute Gasteiger partial charge is 0.479 e. The second kappa shape index (κ2) is 9.90. The van der Waals surface area contributed by atoms with Crippen LogP contribution in [0.1, 0.15) is 40.5 Å². The van der Waals surface area contributed by atoms with Crippen LogP contribution in [0.25, 0.3) is 0 Å². The van der Waals surface area contributed by atoms with Crippen molar-refractivity contribution in [2.24, 2.45) is 5.92 Å². The molecule has 162 valence electrons. The summed E-state index contributed by atoms with van der Waals surface area (Å²) in [4.78, 5) is 28.3. The Morgan fingerprint density at radius 3 is 2.45 bits per heavy atom. The van der Waals surface area contributed by atoms with Gasteiger partial charge >= 0.3 is 6.09 Å². The second-order valence-electron chi connectivity index (χ2n) is 8.44. The highest BCUT2D eigenvalue weighted by molar-refractivity contribution is 6.42. The van der Waals surface area contributed by atoms with Gasteiger partial charge in [-0.25, -0.2) is 4.79 Å². The SMILES string of the molecule is CC(Oc1cccc(Cl)c1Cl)C(=O)N1CCC(CN(C)C(=O)OC(C)(C)C)CC1. The van der Waals surface area contributed by atoms with Crippen molar-refractivity contribution in [1.29, 1.82) is 0 Å². The highest BCUT2D eigenvalue weighted by Crippen LogP contribution is 2.32. The van der Waals surface area contributed by atoms with E-state index in [1.54, 1.807) is 42.0 Å². The molecule has 2 rings (SSSR count). The highest BCUT2D eigenvalue weighted by atomic mass is 35.5. The molecule has 0 aliphatic carbocycles. The molecule has 0 bridgehead atoms. The molecule has 0 N–H and O–H groups in total. The van der Waals surface area contributed by atoms with Crippen molar-refractivity contribution in [3.8, 4) is 5.75 Å². The molecule has 6 nitrogen and oxygen atoms in total. The molecular formula is C21H30Cl2N2O4. The number of likely N-dealkylation sites (tertiary alicyclic amines) is 1. The molecule has 0 aromatic heterocycles. The van der Waals surface area contributed by atoms with Gasteiger partial charge in [0, 0.05) is 26.7 Å². The maximum absolute atomic E-state index is 12.7. The first-order chi connectivity index (χ1) is 13.5. The van der Waals surface area contributed by atoms with Crippen molar-refractivity contribution in [2.45, 2.75) is 52.2 Å². The van der Waals surface area contributed by atoms with E-state index in [9.17, 15) is 9.59 Å². The summed E-state index contributed by atoms with van der Waals surface area (Å²) in [7, 11) is 1.75. The van der Waals surface area contributed by atoms with Crippen molar-refractivity contribution in [2.75, 3.05) is 26.7 Å². The Morgan fingerprint density at radius 2 is 1.86 bits per heavy atom. The van der Waals surface area contributed by atoms with Crippen LogP contribution in [0.2, 0.25) is 10.0 Å². The summed E-state index contributed by atoms with van der Waals surface area (Å²) in [5.41, 5.74) is -0.511. The topological polar surface area (TPSA) is 59.1 Å². The molecule has 1 saturated heterocycles. The maximum atomic E-state index is 12.7. The van der Waals surface area contributed by atoms with E-state index >= 15 is 0 Å². The monoisotopic (exact) mass is 444 g/mol. The second-order valence-corrected chi connectivity index (χ2v) is 9.23. The van der Waals surface area contributed by atoms with Gasteiger partial charge in [0.1, 0.15) is 16.4 Å². The molecule has 29 heavy (non-hydrogen) atoms. The smallest absolute Gasteiger partial charge is 0.410 e. The predicted molar refractivity (Wildman–Crippen MR) is 115 cm³/mol. The van der Waals surface area contributed by atoms with Crippen molar-refractivity contribution in [3.63, 3.8) is 0 Å². The van der Waals surface area contributed by atoms with E-state index in [2.05, 4.69) is 0 Å². The van der Waals surface area contributed by atoms with E-state index in [1.807, 2.05) is 20.8 Å². The molecular weight excluding hydrogens is 415 g/mol. The Morgan fingerprint density at radius 1 is 1.24 bits per heavy atom. The van der Waals surface area contributed by atoms with Gasteiger partial charge in [0.15, 0.2) is 6.10 Å². The van der Waals surface area contributed by atoms with Gasteiger partial charge in [-0.1, -0.05) is 29.3 Å². The first-order valence-corrected chi connectivity index (χ1v) is 10.6. The van der Waals surface area contributed by atoms with Crippen LogP contribution in [0.5, 0.6) is 5.75 Å². The number of carbonyl (C=O) groups is 2. The van der Waals surface area contributed by atoms with Crippen molar-refractivity contribution in [3.05, 3.63) is 28.2 Å². The van der Waals surface area contributed by atoms with Gasteiger partial charge in [0.2, 0.25) is 0 Å². The fourth-order valence-corrected chi connectivity index (χ4v) is 3.55. The Kier molecular flexibility index (Phi) is 8.06. The van der Waals surface area contributed by atoms with Crippen molar-refractivity contribution >= 4 is 35.2 Å². The third-order valence-corrected chi connectivity index (χ3v) is 5.53. The highest BCUT2D eigenvalue weighted by Gasteiger charge is 2.29. The number of carbonyl (C=O) groups excluding carboxylic acids is 2. The van der Waals surface area contributed by atoms with Gasteiger partial charge < -0.3 is 19.3 Å². The van der Waals surface area contributed by atoms with Crippen molar-refractivity contribution in [1.82, 2.24) is 9.80 Å². The van der Waals surface area contributed by atoms with E-state index in [-0.39, 0.29) is 12.0 Å². The summed E-state index contributed by atoms with van der Waals surface area (Å²) in [6.07, 6.45) is 0.663. The minimum atomic E-state index is -0.660. The first kappa shape index (κ1) is 23.6. The number of amides is 2.